The Morgan fingerprint density at radius 3 is 2.71 bits per heavy atom. The third kappa shape index (κ3) is 3.31. The second-order valence-corrected chi connectivity index (χ2v) is 7.39. The van der Waals surface area contributed by atoms with Crippen LogP contribution in [0.1, 0.15) is 30.6 Å². The molecule has 0 aromatic carbocycles. The van der Waals surface area contributed by atoms with E-state index in [1.807, 2.05) is 18.4 Å². The lowest BCUT2D eigenvalue weighted by molar-refractivity contribution is -0.0830. The van der Waals surface area contributed by atoms with Gasteiger partial charge in [0.25, 0.3) is 0 Å². The largest absolute Gasteiger partial charge is 0.378 e. The van der Waals surface area contributed by atoms with Gasteiger partial charge in [0.1, 0.15) is 0 Å². The van der Waals surface area contributed by atoms with Crippen LogP contribution in [0.4, 0.5) is 0 Å². The molecule has 0 aliphatic heterocycles. The Kier molecular flexibility index (Phi) is 4.64. The summed E-state index contributed by atoms with van der Waals surface area (Å²) in [7, 11) is 3.91. The molecule has 1 N–H and O–H groups in total. The van der Waals surface area contributed by atoms with Crippen LogP contribution in [0.2, 0.25) is 0 Å². The zero-order valence-electron chi connectivity index (χ0n) is 10.5. The molecule has 0 radical (unpaired) electrons. The van der Waals surface area contributed by atoms with Gasteiger partial charge in [-0.15, -0.1) is 11.3 Å². The first kappa shape index (κ1) is 13.5. The first-order chi connectivity index (χ1) is 8.17. The number of thiophene rings is 1. The van der Waals surface area contributed by atoms with Crippen molar-refractivity contribution in [2.45, 2.75) is 43.7 Å². The van der Waals surface area contributed by atoms with Gasteiger partial charge < -0.3 is 10.1 Å². The summed E-state index contributed by atoms with van der Waals surface area (Å²) < 4.78 is 6.92. The predicted octanol–water partition coefficient (Wildman–Crippen LogP) is 3.60. The fourth-order valence-electron chi connectivity index (χ4n) is 2.49. The van der Waals surface area contributed by atoms with E-state index >= 15 is 0 Å². The van der Waals surface area contributed by atoms with E-state index in [2.05, 4.69) is 40.4 Å². The molecule has 1 atom stereocenters. The summed E-state index contributed by atoms with van der Waals surface area (Å²) in [5.41, 5.74) is 0.155. The summed E-state index contributed by atoms with van der Waals surface area (Å²) in [6, 6.07) is 4.85. The van der Waals surface area contributed by atoms with Gasteiger partial charge in [-0.05, 0) is 67.2 Å². The molecule has 2 rings (SSSR count). The Labute approximate surface area is 116 Å². The van der Waals surface area contributed by atoms with Gasteiger partial charge in [-0.3, -0.25) is 0 Å². The number of rotatable bonds is 6. The molecule has 0 saturated heterocycles. The topological polar surface area (TPSA) is 21.3 Å². The predicted molar refractivity (Wildman–Crippen MR) is 76.8 cm³/mol. The average Bonchev–Trinajstić information content (AvgIpc) is 2.67. The van der Waals surface area contributed by atoms with E-state index < -0.39 is 0 Å². The van der Waals surface area contributed by atoms with Crippen LogP contribution in [-0.2, 0) is 11.2 Å². The lowest BCUT2D eigenvalue weighted by atomic mass is 9.75. The number of methoxy groups -OCH3 is 1. The molecule has 17 heavy (non-hydrogen) atoms. The molecule has 1 aliphatic carbocycles. The average molecular weight is 318 g/mol. The highest BCUT2D eigenvalue weighted by atomic mass is 79.9. The number of nitrogens with one attached hydrogen (secondary N) is 1. The van der Waals surface area contributed by atoms with Gasteiger partial charge in [0.05, 0.1) is 9.39 Å². The Morgan fingerprint density at radius 1 is 1.53 bits per heavy atom. The quantitative estimate of drug-likeness (QED) is 0.865. The van der Waals surface area contributed by atoms with Crippen molar-refractivity contribution in [1.29, 1.82) is 0 Å². The van der Waals surface area contributed by atoms with Crippen molar-refractivity contribution in [2.75, 3.05) is 14.2 Å². The maximum Gasteiger partial charge on any atom is 0.0701 e. The van der Waals surface area contributed by atoms with Gasteiger partial charge in [0.2, 0.25) is 0 Å². The van der Waals surface area contributed by atoms with Crippen molar-refractivity contribution in [2.24, 2.45) is 0 Å². The Morgan fingerprint density at radius 2 is 2.29 bits per heavy atom. The molecular weight excluding hydrogens is 298 g/mol. The van der Waals surface area contributed by atoms with Crippen molar-refractivity contribution >= 4 is 27.3 Å². The van der Waals surface area contributed by atoms with Crippen LogP contribution in [0.5, 0.6) is 0 Å². The smallest absolute Gasteiger partial charge is 0.0701 e. The Balaban J connectivity index is 1.92. The van der Waals surface area contributed by atoms with E-state index in [-0.39, 0.29) is 5.60 Å². The van der Waals surface area contributed by atoms with E-state index in [1.54, 1.807) is 0 Å². The molecule has 1 aromatic heterocycles. The van der Waals surface area contributed by atoms with Crippen LogP contribution in [0.3, 0.4) is 0 Å². The summed E-state index contributed by atoms with van der Waals surface area (Å²) in [5, 5.41) is 3.43. The molecule has 0 bridgehead atoms. The molecule has 1 unspecified atom stereocenters. The van der Waals surface area contributed by atoms with Crippen molar-refractivity contribution in [3.8, 4) is 0 Å². The fourth-order valence-corrected chi connectivity index (χ4v) is 4.06. The summed E-state index contributed by atoms with van der Waals surface area (Å²) in [5.74, 6) is 0. The molecule has 1 saturated carbocycles. The molecular formula is C13H20BrNOS. The number of ether oxygens (including phenoxy) is 1. The summed E-state index contributed by atoms with van der Waals surface area (Å²) in [6.45, 7) is 0. The minimum absolute atomic E-state index is 0.155. The third-order valence-corrected chi connectivity index (χ3v) is 5.45. The van der Waals surface area contributed by atoms with Crippen LogP contribution in [0, 0.1) is 0 Å². The molecule has 1 heterocycles. The van der Waals surface area contributed by atoms with E-state index in [4.69, 9.17) is 4.74 Å². The van der Waals surface area contributed by atoms with E-state index in [0.29, 0.717) is 6.04 Å². The SMILES string of the molecule is CNC(Cc1ccc(Br)s1)CC1(OC)CCC1. The van der Waals surface area contributed by atoms with Crippen LogP contribution in [0.15, 0.2) is 15.9 Å². The van der Waals surface area contributed by atoms with Crippen LogP contribution in [-0.4, -0.2) is 25.8 Å². The van der Waals surface area contributed by atoms with E-state index in [9.17, 15) is 0 Å². The molecule has 1 aromatic rings. The highest BCUT2D eigenvalue weighted by Gasteiger charge is 2.38. The fraction of sp³-hybridized carbons (Fsp3) is 0.692. The van der Waals surface area contributed by atoms with Gasteiger partial charge in [-0.1, -0.05) is 0 Å². The zero-order valence-corrected chi connectivity index (χ0v) is 12.9. The van der Waals surface area contributed by atoms with Crippen LogP contribution in [0.25, 0.3) is 0 Å². The lowest BCUT2D eigenvalue weighted by Crippen LogP contribution is -2.45. The second kappa shape index (κ2) is 5.83. The van der Waals surface area contributed by atoms with Gasteiger partial charge in [-0.2, -0.15) is 0 Å². The first-order valence-corrected chi connectivity index (χ1v) is 7.75. The third-order valence-electron chi connectivity index (χ3n) is 3.80. The van der Waals surface area contributed by atoms with E-state index in [0.717, 1.165) is 12.8 Å². The van der Waals surface area contributed by atoms with Crippen molar-refractivity contribution in [3.05, 3.63) is 20.8 Å². The van der Waals surface area contributed by atoms with Crippen molar-refractivity contribution < 1.29 is 4.74 Å². The number of hydrogen-bond acceptors (Lipinski definition) is 3. The standard InChI is InChI=1S/C13H20BrNOS/c1-15-10(8-11-4-5-12(14)17-11)9-13(16-2)6-3-7-13/h4-5,10,15H,3,6-9H2,1-2H3. The highest BCUT2D eigenvalue weighted by molar-refractivity contribution is 9.11. The number of likely N-dealkylation sites (N-methyl/N-ethyl adjacent to an activating group) is 1. The zero-order chi connectivity index (χ0) is 12.3. The Bertz CT molecular complexity index is 357. The maximum absolute atomic E-state index is 5.70. The lowest BCUT2D eigenvalue weighted by Gasteiger charge is -2.42. The second-order valence-electron chi connectivity index (χ2n) is 4.84. The minimum Gasteiger partial charge on any atom is -0.378 e. The molecule has 96 valence electrons. The van der Waals surface area contributed by atoms with Gasteiger partial charge in [0.15, 0.2) is 0 Å². The minimum atomic E-state index is 0.155. The first-order valence-electron chi connectivity index (χ1n) is 6.14. The molecule has 1 aliphatic rings. The summed E-state index contributed by atoms with van der Waals surface area (Å²) in [6.07, 6.45) is 5.97. The van der Waals surface area contributed by atoms with Gasteiger partial charge >= 0.3 is 0 Å². The van der Waals surface area contributed by atoms with Crippen molar-refractivity contribution in [3.63, 3.8) is 0 Å². The van der Waals surface area contributed by atoms with Gasteiger partial charge in [0, 0.05) is 18.0 Å². The Hall–Kier alpha value is 0.1000. The van der Waals surface area contributed by atoms with Crippen LogP contribution < -0.4 is 5.32 Å². The maximum atomic E-state index is 5.70. The molecule has 4 heteroatoms. The monoisotopic (exact) mass is 317 g/mol. The van der Waals surface area contributed by atoms with Crippen LogP contribution >= 0.6 is 27.3 Å². The summed E-state index contributed by atoms with van der Waals surface area (Å²) >= 11 is 5.34. The molecule has 2 nitrogen and oxygen atoms in total. The highest BCUT2D eigenvalue weighted by Crippen LogP contribution is 2.39. The van der Waals surface area contributed by atoms with Gasteiger partial charge in [-0.25, -0.2) is 0 Å². The van der Waals surface area contributed by atoms with Crippen molar-refractivity contribution in [1.82, 2.24) is 5.32 Å². The van der Waals surface area contributed by atoms with E-state index in [1.165, 1.54) is 27.9 Å². The number of halogens is 1. The summed E-state index contributed by atoms with van der Waals surface area (Å²) in [4.78, 5) is 1.43. The molecule has 1 fully saturated rings. The molecule has 0 amide bonds. The molecule has 0 spiro atoms. The normalized spacial score (nSPS) is 19.9. The number of hydrogen-bond donors (Lipinski definition) is 1.